The van der Waals surface area contributed by atoms with Crippen LogP contribution in [0.1, 0.15) is 16.8 Å². The summed E-state index contributed by atoms with van der Waals surface area (Å²) in [6.45, 7) is 0.311. The maximum absolute atomic E-state index is 12.5. The lowest BCUT2D eigenvalue weighted by atomic mass is 10.2. The van der Waals surface area contributed by atoms with Gasteiger partial charge in [-0.05, 0) is 24.6 Å². The summed E-state index contributed by atoms with van der Waals surface area (Å²) in [5.74, 6) is -1.70. The van der Waals surface area contributed by atoms with Gasteiger partial charge in [-0.15, -0.1) is 0 Å². The zero-order valence-corrected chi connectivity index (χ0v) is 12.4. The van der Waals surface area contributed by atoms with Gasteiger partial charge in [0.2, 0.25) is 15.9 Å². The molecular weight excluding hydrogens is 320 g/mol. The molecule has 0 bridgehead atoms. The first-order valence-corrected chi connectivity index (χ1v) is 7.94. The Bertz CT molecular complexity index is 689. The SMILES string of the molecule is O=C1CN(S(=O)(=O)c2ccc(Cl)c(C(=O)O)c2)CCCN1. The monoisotopic (exact) mass is 332 g/mol. The number of nitrogens with one attached hydrogen (secondary N) is 1. The van der Waals surface area contributed by atoms with Gasteiger partial charge in [0, 0.05) is 13.1 Å². The Morgan fingerprint density at radius 2 is 2.10 bits per heavy atom. The zero-order chi connectivity index (χ0) is 15.6. The first-order valence-electron chi connectivity index (χ1n) is 6.12. The summed E-state index contributed by atoms with van der Waals surface area (Å²) in [5, 5.41) is 11.5. The molecule has 1 saturated heterocycles. The molecule has 21 heavy (non-hydrogen) atoms. The van der Waals surface area contributed by atoms with Gasteiger partial charge in [0.25, 0.3) is 0 Å². The van der Waals surface area contributed by atoms with E-state index in [2.05, 4.69) is 5.32 Å². The van der Waals surface area contributed by atoms with Crippen LogP contribution in [0.3, 0.4) is 0 Å². The fourth-order valence-corrected chi connectivity index (χ4v) is 3.62. The van der Waals surface area contributed by atoms with Crippen LogP contribution in [-0.2, 0) is 14.8 Å². The van der Waals surface area contributed by atoms with Crippen molar-refractivity contribution in [2.24, 2.45) is 0 Å². The summed E-state index contributed by atoms with van der Waals surface area (Å²) in [5.41, 5.74) is -0.294. The highest BCUT2D eigenvalue weighted by Gasteiger charge is 2.29. The number of carbonyl (C=O) groups is 2. The summed E-state index contributed by atoms with van der Waals surface area (Å²) >= 11 is 5.72. The van der Waals surface area contributed by atoms with Crippen molar-refractivity contribution < 1.29 is 23.1 Å². The molecule has 1 fully saturated rings. The number of rotatable bonds is 3. The van der Waals surface area contributed by atoms with Crippen LogP contribution >= 0.6 is 11.6 Å². The highest BCUT2D eigenvalue weighted by molar-refractivity contribution is 7.89. The normalized spacial score (nSPS) is 17.1. The molecule has 1 heterocycles. The van der Waals surface area contributed by atoms with E-state index in [0.29, 0.717) is 13.0 Å². The number of amides is 1. The summed E-state index contributed by atoms with van der Waals surface area (Å²) < 4.78 is 26.0. The predicted molar refractivity (Wildman–Crippen MR) is 74.8 cm³/mol. The first kappa shape index (κ1) is 15.7. The first-order chi connectivity index (χ1) is 9.82. The minimum absolute atomic E-state index is 0.0462. The second kappa shape index (κ2) is 6.00. The fraction of sp³-hybridized carbons (Fsp3) is 0.333. The average Bonchev–Trinajstić information content (AvgIpc) is 2.63. The van der Waals surface area contributed by atoms with Crippen LogP contribution < -0.4 is 5.32 Å². The quantitative estimate of drug-likeness (QED) is 0.841. The number of halogens is 1. The number of carboxylic acid groups (broad SMARTS) is 1. The van der Waals surface area contributed by atoms with Crippen LogP contribution in [-0.4, -0.2) is 49.3 Å². The molecule has 1 aromatic carbocycles. The van der Waals surface area contributed by atoms with Crippen molar-refractivity contribution in [3.8, 4) is 0 Å². The van der Waals surface area contributed by atoms with Gasteiger partial charge in [-0.25, -0.2) is 13.2 Å². The molecule has 0 unspecified atom stereocenters. The summed E-state index contributed by atoms with van der Waals surface area (Å²) in [6.07, 6.45) is 0.490. The van der Waals surface area contributed by atoms with Crippen LogP contribution in [0.2, 0.25) is 5.02 Å². The van der Waals surface area contributed by atoms with Gasteiger partial charge in [0.1, 0.15) is 0 Å². The van der Waals surface area contributed by atoms with E-state index in [9.17, 15) is 18.0 Å². The van der Waals surface area contributed by atoms with Crippen LogP contribution in [0.25, 0.3) is 0 Å². The molecule has 1 aliphatic heterocycles. The van der Waals surface area contributed by atoms with Crippen LogP contribution in [0.4, 0.5) is 0 Å². The van der Waals surface area contributed by atoms with Gasteiger partial charge in [0.05, 0.1) is 22.0 Å². The smallest absolute Gasteiger partial charge is 0.337 e. The molecule has 7 nitrogen and oxygen atoms in total. The lowest BCUT2D eigenvalue weighted by Gasteiger charge is -2.19. The number of hydrogen-bond acceptors (Lipinski definition) is 4. The number of hydrogen-bond donors (Lipinski definition) is 2. The number of benzene rings is 1. The van der Waals surface area contributed by atoms with Gasteiger partial charge in [0.15, 0.2) is 0 Å². The van der Waals surface area contributed by atoms with Crippen LogP contribution in [0, 0.1) is 0 Å². The van der Waals surface area contributed by atoms with Crippen molar-refractivity contribution in [3.63, 3.8) is 0 Å². The number of carbonyl (C=O) groups excluding carboxylic acids is 1. The van der Waals surface area contributed by atoms with E-state index in [1.54, 1.807) is 0 Å². The highest BCUT2D eigenvalue weighted by atomic mass is 35.5. The molecule has 1 aliphatic rings. The molecule has 0 spiro atoms. The Balaban J connectivity index is 2.41. The third-order valence-electron chi connectivity index (χ3n) is 3.03. The number of aromatic carboxylic acids is 1. The topological polar surface area (TPSA) is 104 Å². The molecule has 0 saturated carbocycles. The Hall–Kier alpha value is -1.64. The number of sulfonamides is 1. The van der Waals surface area contributed by atoms with E-state index in [4.69, 9.17) is 16.7 Å². The van der Waals surface area contributed by atoms with Gasteiger partial charge in [-0.1, -0.05) is 11.6 Å². The van der Waals surface area contributed by atoms with Crippen molar-refractivity contribution in [1.29, 1.82) is 0 Å². The Kier molecular flexibility index (Phi) is 4.50. The maximum atomic E-state index is 12.5. The van der Waals surface area contributed by atoms with E-state index >= 15 is 0 Å². The highest BCUT2D eigenvalue weighted by Crippen LogP contribution is 2.23. The molecule has 9 heteroatoms. The number of carboxylic acids is 1. The molecule has 2 N–H and O–H groups in total. The lowest BCUT2D eigenvalue weighted by molar-refractivity contribution is -0.120. The van der Waals surface area contributed by atoms with E-state index < -0.39 is 16.0 Å². The van der Waals surface area contributed by atoms with E-state index in [-0.39, 0.29) is 34.5 Å². The zero-order valence-electron chi connectivity index (χ0n) is 10.9. The Labute approximate surface area is 126 Å². The minimum atomic E-state index is -3.94. The average molecular weight is 333 g/mol. The molecule has 0 aromatic heterocycles. The standard InChI is InChI=1S/C12H13ClN2O5S/c13-10-3-2-8(6-9(10)12(17)18)21(19,20)15-5-1-4-14-11(16)7-15/h2-3,6H,1,4-5,7H2,(H,14,16)(H,17,18). The molecule has 1 aromatic rings. The van der Waals surface area contributed by atoms with Gasteiger partial charge >= 0.3 is 5.97 Å². The summed E-state index contributed by atoms with van der Waals surface area (Å²) in [7, 11) is -3.94. The second-order valence-electron chi connectivity index (χ2n) is 4.49. The van der Waals surface area contributed by atoms with Crippen molar-refractivity contribution in [3.05, 3.63) is 28.8 Å². The molecule has 0 atom stereocenters. The lowest BCUT2D eigenvalue weighted by Crippen LogP contribution is -2.37. The van der Waals surface area contributed by atoms with Crippen molar-refractivity contribution >= 4 is 33.5 Å². The third kappa shape index (κ3) is 3.34. The molecule has 0 radical (unpaired) electrons. The molecule has 2 rings (SSSR count). The van der Waals surface area contributed by atoms with Gasteiger partial charge in [-0.2, -0.15) is 4.31 Å². The van der Waals surface area contributed by atoms with Gasteiger partial charge < -0.3 is 10.4 Å². The second-order valence-corrected chi connectivity index (χ2v) is 6.83. The molecular formula is C12H13ClN2O5S. The van der Waals surface area contributed by atoms with Crippen LogP contribution in [0.5, 0.6) is 0 Å². The molecule has 114 valence electrons. The molecule has 1 amide bonds. The largest absolute Gasteiger partial charge is 0.478 e. The van der Waals surface area contributed by atoms with Crippen molar-refractivity contribution in [2.75, 3.05) is 19.6 Å². The summed E-state index contributed by atoms with van der Waals surface area (Å²) in [4.78, 5) is 22.3. The maximum Gasteiger partial charge on any atom is 0.337 e. The predicted octanol–water partition coefficient (Wildman–Crippen LogP) is 0.549. The van der Waals surface area contributed by atoms with Crippen molar-refractivity contribution in [1.82, 2.24) is 9.62 Å². The van der Waals surface area contributed by atoms with Crippen LogP contribution in [0.15, 0.2) is 23.1 Å². The fourth-order valence-electron chi connectivity index (χ4n) is 1.96. The minimum Gasteiger partial charge on any atom is -0.478 e. The van der Waals surface area contributed by atoms with E-state index in [0.717, 1.165) is 10.4 Å². The van der Waals surface area contributed by atoms with E-state index in [1.807, 2.05) is 0 Å². The van der Waals surface area contributed by atoms with Crippen molar-refractivity contribution in [2.45, 2.75) is 11.3 Å². The summed E-state index contributed by atoms with van der Waals surface area (Å²) in [6, 6.07) is 3.45. The number of nitrogens with zero attached hydrogens (tertiary/aromatic N) is 1. The Morgan fingerprint density at radius 1 is 1.38 bits per heavy atom. The third-order valence-corrected chi connectivity index (χ3v) is 5.20. The van der Waals surface area contributed by atoms with Gasteiger partial charge in [-0.3, -0.25) is 4.79 Å². The Morgan fingerprint density at radius 3 is 2.76 bits per heavy atom. The van der Waals surface area contributed by atoms with E-state index in [1.165, 1.54) is 12.1 Å². The molecule has 0 aliphatic carbocycles.